The fraction of sp³-hybridized carbons (Fsp3) is 0.111. The number of alkyl halides is 1. The minimum Gasteiger partial charge on any atom is -0.363 e. The van der Waals surface area contributed by atoms with Crippen LogP contribution in [0.15, 0.2) is 30.3 Å². The lowest BCUT2D eigenvalue weighted by atomic mass is 10.1. The van der Waals surface area contributed by atoms with Crippen molar-refractivity contribution in [1.29, 1.82) is 0 Å². The molecule has 0 aliphatic rings. The third-order valence-electron chi connectivity index (χ3n) is 1.57. The van der Waals surface area contributed by atoms with Crippen LogP contribution >= 0.6 is 11.6 Å². The van der Waals surface area contributed by atoms with E-state index in [9.17, 15) is 9.59 Å². The second kappa shape index (κ2) is 4.05. The normalized spacial score (nSPS) is 12.1. The number of ketones is 1. The van der Waals surface area contributed by atoms with Crippen molar-refractivity contribution in [2.24, 2.45) is 5.73 Å². The molecule has 1 rings (SSSR count). The lowest BCUT2D eigenvalue weighted by Gasteiger charge is -2.04. The van der Waals surface area contributed by atoms with E-state index in [1.54, 1.807) is 30.3 Å². The zero-order chi connectivity index (χ0) is 9.84. The van der Waals surface area contributed by atoms with Gasteiger partial charge in [0.1, 0.15) is 5.38 Å². The Morgan fingerprint density at radius 1 is 1.23 bits per heavy atom. The van der Waals surface area contributed by atoms with E-state index >= 15 is 0 Å². The summed E-state index contributed by atoms with van der Waals surface area (Å²) in [7, 11) is 0. The molecular weight excluding hydrogens is 190 g/mol. The third kappa shape index (κ3) is 2.29. The predicted octanol–water partition coefficient (Wildman–Crippen LogP) is 1.02. The molecule has 3 nitrogen and oxygen atoms in total. The Balaban J connectivity index is 2.86. The average molecular weight is 198 g/mol. The van der Waals surface area contributed by atoms with Crippen LogP contribution in [0.3, 0.4) is 0 Å². The van der Waals surface area contributed by atoms with Gasteiger partial charge in [-0.05, 0) is 5.56 Å². The quantitative estimate of drug-likeness (QED) is 0.581. The molecule has 0 aromatic heterocycles. The first kappa shape index (κ1) is 9.74. The number of hydrogen-bond donors (Lipinski definition) is 1. The first-order chi connectivity index (χ1) is 6.13. The summed E-state index contributed by atoms with van der Waals surface area (Å²) < 4.78 is 0. The molecule has 1 atom stereocenters. The van der Waals surface area contributed by atoms with E-state index in [-0.39, 0.29) is 0 Å². The summed E-state index contributed by atoms with van der Waals surface area (Å²) in [6, 6.07) is 8.59. The van der Waals surface area contributed by atoms with Gasteiger partial charge in [-0.3, -0.25) is 9.59 Å². The van der Waals surface area contributed by atoms with Crippen LogP contribution in [0, 0.1) is 0 Å². The Hall–Kier alpha value is -1.35. The maximum Gasteiger partial charge on any atom is 0.286 e. The molecule has 68 valence electrons. The van der Waals surface area contributed by atoms with Crippen LogP contribution < -0.4 is 5.73 Å². The van der Waals surface area contributed by atoms with Gasteiger partial charge < -0.3 is 5.73 Å². The van der Waals surface area contributed by atoms with E-state index in [0.717, 1.165) is 0 Å². The lowest BCUT2D eigenvalue weighted by molar-refractivity contribution is -0.135. The molecule has 0 saturated heterocycles. The van der Waals surface area contributed by atoms with Gasteiger partial charge in [0.2, 0.25) is 5.78 Å². The highest BCUT2D eigenvalue weighted by Gasteiger charge is 2.21. The molecule has 0 bridgehead atoms. The van der Waals surface area contributed by atoms with Crippen molar-refractivity contribution in [1.82, 2.24) is 0 Å². The highest BCUT2D eigenvalue weighted by Crippen LogP contribution is 2.20. The van der Waals surface area contributed by atoms with E-state index in [1.807, 2.05) is 0 Å². The number of rotatable bonds is 3. The van der Waals surface area contributed by atoms with Gasteiger partial charge >= 0.3 is 0 Å². The van der Waals surface area contributed by atoms with Gasteiger partial charge in [-0.15, -0.1) is 11.6 Å². The number of Topliss-reactive ketones (excluding diaryl/α,β-unsaturated/α-hetero) is 1. The van der Waals surface area contributed by atoms with Gasteiger partial charge in [0.15, 0.2) is 0 Å². The Bertz CT molecular complexity index is 324. The average Bonchev–Trinajstić information content (AvgIpc) is 2.17. The van der Waals surface area contributed by atoms with Gasteiger partial charge in [0.25, 0.3) is 5.91 Å². The first-order valence-corrected chi connectivity index (χ1v) is 4.09. The van der Waals surface area contributed by atoms with E-state index < -0.39 is 17.1 Å². The van der Waals surface area contributed by atoms with Gasteiger partial charge in [-0.1, -0.05) is 30.3 Å². The van der Waals surface area contributed by atoms with Crippen molar-refractivity contribution >= 4 is 23.3 Å². The van der Waals surface area contributed by atoms with Gasteiger partial charge in [0.05, 0.1) is 0 Å². The number of hydrogen-bond acceptors (Lipinski definition) is 2. The van der Waals surface area contributed by atoms with Crippen molar-refractivity contribution in [3.8, 4) is 0 Å². The van der Waals surface area contributed by atoms with Crippen LogP contribution in [0.2, 0.25) is 0 Å². The molecule has 4 heteroatoms. The second-order valence-electron chi connectivity index (χ2n) is 2.50. The second-order valence-corrected chi connectivity index (χ2v) is 2.94. The largest absolute Gasteiger partial charge is 0.363 e. The maximum atomic E-state index is 11.0. The summed E-state index contributed by atoms with van der Waals surface area (Å²) in [5.74, 6) is -1.79. The molecule has 1 unspecified atom stereocenters. The standard InChI is InChI=1S/C9H8ClNO2/c10-7(8(12)9(11)13)6-4-2-1-3-5-6/h1-5,7H,(H2,11,13). The molecule has 1 aromatic rings. The summed E-state index contributed by atoms with van der Waals surface area (Å²) in [6.07, 6.45) is 0. The molecular formula is C9H8ClNO2. The van der Waals surface area contributed by atoms with Gasteiger partial charge in [-0.25, -0.2) is 0 Å². The van der Waals surface area contributed by atoms with Crippen LogP contribution in [0.5, 0.6) is 0 Å². The number of carbonyl (C=O) groups is 2. The Morgan fingerprint density at radius 3 is 2.23 bits per heavy atom. The van der Waals surface area contributed by atoms with E-state index in [0.29, 0.717) is 5.56 Å². The van der Waals surface area contributed by atoms with Crippen molar-refractivity contribution in [2.75, 3.05) is 0 Å². The van der Waals surface area contributed by atoms with Crippen LogP contribution in [0.4, 0.5) is 0 Å². The molecule has 0 aliphatic heterocycles. The highest BCUT2D eigenvalue weighted by molar-refractivity contribution is 6.48. The smallest absolute Gasteiger partial charge is 0.286 e. The molecule has 0 spiro atoms. The topological polar surface area (TPSA) is 60.2 Å². The number of amides is 1. The number of carbonyl (C=O) groups excluding carboxylic acids is 2. The highest BCUT2D eigenvalue weighted by atomic mass is 35.5. The molecule has 0 fully saturated rings. The fourth-order valence-corrected chi connectivity index (χ4v) is 1.15. The minimum atomic E-state index is -1.01. The third-order valence-corrected chi connectivity index (χ3v) is 2.02. The van der Waals surface area contributed by atoms with Crippen LogP contribution in [0.25, 0.3) is 0 Å². The first-order valence-electron chi connectivity index (χ1n) is 3.65. The number of nitrogens with two attached hydrogens (primary N) is 1. The van der Waals surface area contributed by atoms with Crippen LogP contribution in [-0.4, -0.2) is 11.7 Å². The molecule has 0 saturated carbocycles. The summed E-state index contributed by atoms with van der Waals surface area (Å²) in [6.45, 7) is 0. The van der Waals surface area contributed by atoms with Crippen LogP contribution in [-0.2, 0) is 9.59 Å². The van der Waals surface area contributed by atoms with Gasteiger partial charge in [-0.2, -0.15) is 0 Å². The summed E-state index contributed by atoms with van der Waals surface area (Å²) >= 11 is 5.70. The van der Waals surface area contributed by atoms with Crippen molar-refractivity contribution in [2.45, 2.75) is 5.38 Å². The monoisotopic (exact) mass is 197 g/mol. The molecule has 0 radical (unpaired) electrons. The zero-order valence-corrected chi connectivity index (χ0v) is 7.49. The molecule has 0 aliphatic carbocycles. The van der Waals surface area contributed by atoms with Crippen molar-refractivity contribution < 1.29 is 9.59 Å². The molecule has 1 aromatic carbocycles. The SMILES string of the molecule is NC(=O)C(=O)C(Cl)c1ccccc1. The summed E-state index contributed by atoms with van der Waals surface area (Å²) in [5.41, 5.74) is 5.38. The lowest BCUT2D eigenvalue weighted by Crippen LogP contribution is -2.26. The van der Waals surface area contributed by atoms with Crippen molar-refractivity contribution in [3.63, 3.8) is 0 Å². The minimum absolute atomic E-state index is 0.577. The summed E-state index contributed by atoms with van der Waals surface area (Å²) in [5, 5.41) is -0.973. The molecule has 13 heavy (non-hydrogen) atoms. The summed E-state index contributed by atoms with van der Waals surface area (Å²) in [4.78, 5) is 21.5. The fourth-order valence-electron chi connectivity index (χ4n) is 0.898. The van der Waals surface area contributed by atoms with Crippen molar-refractivity contribution in [3.05, 3.63) is 35.9 Å². The maximum absolute atomic E-state index is 11.0. The van der Waals surface area contributed by atoms with E-state index in [1.165, 1.54) is 0 Å². The van der Waals surface area contributed by atoms with Crippen LogP contribution in [0.1, 0.15) is 10.9 Å². The molecule has 0 heterocycles. The molecule has 1 amide bonds. The number of halogens is 1. The Kier molecular flexibility index (Phi) is 3.03. The number of primary amides is 1. The van der Waals surface area contributed by atoms with Gasteiger partial charge in [0, 0.05) is 0 Å². The molecule has 2 N–H and O–H groups in total. The Morgan fingerprint density at radius 2 is 1.77 bits per heavy atom. The van der Waals surface area contributed by atoms with E-state index in [2.05, 4.69) is 0 Å². The van der Waals surface area contributed by atoms with E-state index in [4.69, 9.17) is 17.3 Å². The number of benzene rings is 1. The predicted molar refractivity (Wildman–Crippen MR) is 49.2 cm³/mol. The Labute approximate surface area is 80.5 Å². The zero-order valence-electron chi connectivity index (χ0n) is 6.74.